The standard InChI is InChI=1S/C32H58N2O8S/c1-20(7-10-29(39)33-13-6-14-34(4,5)18-23(36)19-43(40,41)42)24-8-9-25-30-26(17-28(38)32(24,25)3)31(2)12-11-22(35)15-21(31)16-27(30)37/h20-28,30,35-38H,6-19H2,1-5H3,(H-,33,39,40,41,42)/t20-,21?,22-,23?,24-,25?,26?,27-,28+,30?,31?,32?/m1/s1. The predicted octanol–water partition coefficient (Wildman–Crippen LogP) is 1.85. The Balaban J connectivity index is 1.27. The molecule has 7 unspecified atom stereocenters. The van der Waals surface area contributed by atoms with E-state index < -0.39 is 34.2 Å². The van der Waals surface area contributed by atoms with Gasteiger partial charge < -0.3 is 34.8 Å². The molecule has 250 valence electrons. The highest BCUT2D eigenvalue weighted by Crippen LogP contribution is 2.68. The van der Waals surface area contributed by atoms with Crippen molar-refractivity contribution in [3.8, 4) is 0 Å². The van der Waals surface area contributed by atoms with E-state index in [9.17, 15) is 38.2 Å². The van der Waals surface area contributed by atoms with Crippen molar-refractivity contribution < 1.29 is 42.7 Å². The topological polar surface area (TPSA) is 167 Å². The number of aliphatic hydroxyl groups excluding tert-OH is 4. The summed E-state index contributed by atoms with van der Waals surface area (Å²) < 4.78 is 33.0. The van der Waals surface area contributed by atoms with Gasteiger partial charge in [0.15, 0.2) is 0 Å². The third kappa shape index (κ3) is 7.60. The minimum atomic E-state index is -4.48. The summed E-state index contributed by atoms with van der Waals surface area (Å²) in [6.45, 7) is 8.02. The molecule has 0 radical (unpaired) electrons. The largest absolute Gasteiger partial charge is 0.748 e. The van der Waals surface area contributed by atoms with Crippen molar-refractivity contribution in [2.75, 3.05) is 39.5 Å². The molecule has 0 spiro atoms. The van der Waals surface area contributed by atoms with Crippen molar-refractivity contribution in [2.24, 2.45) is 46.3 Å². The molecule has 43 heavy (non-hydrogen) atoms. The van der Waals surface area contributed by atoms with Crippen LogP contribution in [0.3, 0.4) is 0 Å². The fourth-order valence-corrected chi connectivity index (χ4v) is 11.0. The van der Waals surface area contributed by atoms with Gasteiger partial charge in [-0.2, -0.15) is 0 Å². The van der Waals surface area contributed by atoms with E-state index in [1.165, 1.54) is 0 Å². The van der Waals surface area contributed by atoms with Crippen LogP contribution in [0.15, 0.2) is 0 Å². The Hall–Kier alpha value is -0.820. The molecule has 12 atom stereocenters. The third-order valence-corrected chi connectivity index (χ3v) is 13.5. The van der Waals surface area contributed by atoms with Crippen molar-refractivity contribution in [2.45, 2.75) is 109 Å². The van der Waals surface area contributed by atoms with Gasteiger partial charge in [0.2, 0.25) is 5.91 Å². The Labute approximate surface area is 259 Å². The second kappa shape index (κ2) is 13.1. The van der Waals surface area contributed by atoms with Crippen molar-refractivity contribution >= 4 is 16.0 Å². The Morgan fingerprint density at radius 2 is 1.77 bits per heavy atom. The molecule has 11 heteroatoms. The molecule has 4 rings (SSSR count). The highest BCUT2D eigenvalue weighted by molar-refractivity contribution is 7.85. The van der Waals surface area contributed by atoms with Crippen LogP contribution in [0.2, 0.25) is 0 Å². The fraction of sp³-hybridized carbons (Fsp3) is 0.969. The summed E-state index contributed by atoms with van der Waals surface area (Å²) in [4.78, 5) is 12.7. The second-order valence-corrected chi connectivity index (χ2v) is 17.4. The minimum absolute atomic E-state index is 0.0141. The summed E-state index contributed by atoms with van der Waals surface area (Å²) in [6.07, 6.45) is 5.44. The molecule has 0 aliphatic heterocycles. The van der Waals surface area contributed by atoms with Gasteiger partial charge in [-0.3, -0.25) is 4.79 Å². The number of amides is 1. The number of hydrogen-bond acceptors (Lipinski definition) is 8. The monoisotopic (exact) mass is 630 g/mol. The van der Waals surface area contributed by atoms with Crippen LogP contribution in [0.5, 0.6) is 0 Å². The van der Waals surface area contributed by atoms with Gasteiger partial charge in [0.05, 0.1) is 54.8 Å². The molecule has 0 aromatic carbocycles. The SMILES string of the molecule is C[C@H](CCC(=O)NCCC[N+](C)(C)CC(O)CS(=O)(=O)[O-])[C@H]1CCC2C3C(C[C@H](O)C21C)C1(C)CC[C@@H](O)CC1C[C@H]3O. The first-order valence-corrected chi connectivity index (χ1v) is 18.2. The van der Waals surface area contributed by atoms with Crippen LogP contribution < -0.4 is 5.32 Å². The zero-order valence-corrected chi connectivity index (χ0v) is 27.8. The number of nitrogens with one attached hydrogen (secondary N) is 1. The Morgan fingerprint density at radius 3 is 2.44 bits per heavy atom. The lowest BCUT2D eigenvalue weighted by Crippen LogP contribution is -2.62. The molecule has 0 bridgehead atoms. The molecular formula is C32H58N2O8S. The van der Waals surface area contributed by atoms with Gasteiger partial charge in [-0.25, -0.2) is 8.42 Å². The number of carbonyl (C=O) groups excluding carboxylic acids is 1. The number of fused-ring (bicyclic) bond motifs is 5. The first-order valence-electron chi connectivity index (χ1n) is 16.6. The zero-order chi connectivity index (χ0) is 32.0. The van der Waals surface area contributed by atoms with E-state index in [1.807, 2.05) is 14.1 Å². The molecular weight excluding hydrogens is 572 g/mol. The fourth-order valence-electron chi connectivity index (χ4n) is 10.5. The summed E-state index contributed by atoms with van der Waals surface area (Å²) in [5.74, 6) is 0.749. The number of hydrogen-bond donors (Lipinski definition) is 5. The Kier molecular flexibility index (Phi) is 10.7. The summed E-state index contributed by atoms with van der Waals surface area (Å²) in [6, 6.07) is 0. The zero-order valence-electron chi connectivity index (χ0n) is 27.0. The summed E-state index contributed by atoms with van der Waals surface area (Å²) in [7, 11) is -0.775. The van der Waals surface area contributed by atoms with Gasteiger partial charge in [0, 0.05) is 19.4 Å². The minimum Gasteiger partial charge on any atom is -0.748 e. The number of quaternary nitrogens is 1. The summed E-state index contributed by atoms with van der Waals surface area (Å²) >= 11 is 0. The normalized spacial score (nSPS) is 41.1. The quantitative estimate of drug-likeness (QED) is 0.124. The van der Waals surface area contributed by atoms with Crippen LogP contribution in [-0.4, -0.2) is 108 Å². The van der Waals surface area contributed by atoms with Crippen LogP contribution in [0.25, 0.3) is 0 Å². The van der Waals surface area contributed by atoms with Crippen LogP contribution >= 0.6 is 0 Å². The van der Waals surface area contributed by atoms with Crippen molar-refractivity contribution in [3.63, 3.8) is 0 Å². The van der Waals surface area contributed by atoms with Crippen molar-refractivity contribution in [1.29, 1.82) is 0 Å². The van der Waals surface area contributed by atoms with E-state index in [-0.39, 0.29) is 59.0 Å². The molecule has 5 N–H and O–H groups in total. The second-order valence-electron chi connectivity index (χ2n) is 16.0. The van der Waals surface area contributed by atoms with Gasteiger partial charge in [0.1, 0.15) is 12.6 Å². The molecule has 0 saturated heterocycles. The number of nitrogens with zero attached hydrogens (tertiary/aromatic N) is 1. The van der Waals surface area contributed by atoms with E-state index in [4.69, 9.17) is 0 Å². The smallest absolute Gasteiger partial charge is 0.220 e. The maximum Gasteiger partial charge on any atom is 0.220 e. The lowest BCUT2D eigenvalue weighted by atomic mass is 9.43. The molecule has 1 amide bonds. The molecule has 4 aliphatic rings. The van der Waals surface area contributed by atoms with Gasteiger partial charge >= 0.3 is 0 Å². The van der Waals surface area contributed by atoms with Gasteiger partial charge in [0.25, 0.3) is 0 Å². The average Bonchev–Trinajstić information content (AvgIpc) is 3.24. The highest BCUT2D eigenvalue weighted by atomic mass is 32.2. The Morgan fingerprint density at radius 1 is 1.07 bits per heavy atom. The van der Waals surface area contributed by atoms with Crippen molar-refractivity contribution in [3.05, 3.63) is 0 Å². The average molecular weight is 631 g/mol. The van der Waals surface area contributed by atoms with Crippen LogP contribution in [-0.2, 0) is 14.9 Å². The number of likely N-dealkylation sites (N-methyl/N-ethyl adjacent to an activating group) is 1. The van der Waals surface area contributed by atoms with Gasteiger partial charge in [-0.1, -0.05) is 20.8 Å². The Bertz CT molecular complexity index is 1090. The number of carbonyl (C=O) groups is 1. The van der Waals surface area contributed by atoms with E-state index in [2.05, 4.69) is 26.1 Å². The van der Waals surface area contributed by atoms with Crippen LogP contribution in [0.4, 0.5) is 0 Å². The van der Waals surface area contributed by atoms with Gasteiger partial charge in [-0.15, -0.1) is 0 Å². The van der Waals surface area contributed by atoms with Gasteiger partial charge in [-0.05, 0) is 97.7 Å². The van der Waals surface area contributed by atoms with E-state index in [0.29, 0.717) is 42.8 Å². The molecule has 0 aromatic rings. The van der Waals surface area contributed by atoms with Crippen LogP contribution in [0, 0.1) is 46.3 Å². The molecule has 4 aliphatic carbocycles. The predicted molar refractivity (Wildman–Crippen MR) is 162 cm³/mol. The summed E-state index contributed by atoms with van der Waals surface area (Å²) in [5.41, 5.74) is -0.229. The number of aliphatic hydroxyl groups is 4. The van der Waals surface area contributed by atoms with E-state index in [1.54, 1.807) is 0 Å². The molecule has 10 nitrogen and oxygen atoms in total. The third-order valence-electron chi connectivity index (χ3n) is 12.7. The molecule has 0 heterocycles. The molecule has 0 aromatic heterocycles. The number of rotatable bonds is 12. The van der Waals surface area contributed by atoms with Crippen LogP contribution in [0.1, 0.15) is 85.0 Å². The molecule has 4 fully saturated rings. The first-order chi connectivity index (χ1) is 19.9. The lowest BCUT2D eigenvalue weighted by Gasteiger charge is -2.63. The summed E-state index contributed by atoms with van der Waals surface area (Å²) in [5, 5.41) is 46.5. The maximum atomic E-state index is 12.7. The van der Waals surface area contributed by atoms with Crippen molar-refractivity contribution in [1.82, 2.24) is 5.32 Å². The first kappa shape index (κ1) is 35.0. The molecule has 4 saturated carbocycles. The van der Waals surface area contributed by atoms with E-state index in [0.717, 1.165) is 44.9 Å². The maximum absolute atomic E-state index is 12.7. The van der Waals surface area contributed by atoms with E-state index >= 15 is 0 Å². The lowest BCUT2D eigenvalue weighted by molar-refractivity contribution is -0.893. The highest BCUT2D eigenvalue weighted by Gasteiger charge is 2.65.